The third-order valence-electron chi connectivity index (χ3n) is 1.24. The third kappa shape index (κ3) is 2.20. The second-order valence-electron chi connectivity index (χ2n) is 2.00. The quantitative estimate of drug-likeness (QED) is 0.671. The maximum absolute atomic E-state index is 5.59. The van der Waals surface area contributed by atoms with Crippen molar-refractivity contribution in [2.75, 3.05) is 5.73 Å². The van der Waals surface area contributed by atoms with Gasteiger partial charge >= 0.3 is 0 Å². The molecule has 0 radical (unpaired) electrons. The van der Waals surface area contributed by atoms with Gasteiger partial charge in [-0.1, -0.05) is 22.0 Å². The number of anilines is 1. The van der Waals surface area contributed by atoms with Crippen LogP contribution in [0.4, 0.5) is 5.69 Å². The van der Waals surface area contributed by atoms with Gasteiger partial charge in [0.2, 0.25) is 0 Å². The van der Waals surface area contributed by atoms with E-state index in [4.69, 9.17) is 5.73 Å². The fourth-order valence-corrected chi connectivity index (χ4v) is 0.990. The Morgan fingerprint density at radius 3 is 2.40 bits per heavy atom. The topological polar surface area (TPSA) is 26.0 Å². The van der Waals surface area contributed by atoms with Gasteiger partial charge in [-0.05, 0) is 24.6 Å². The zero-order valence-electron chi connectivity index (χ0n) is 5.60. The van der Waals surface area contributed by atoms with E-state index >= 15 is 0 Å². The number of rotatable bonds is 0. The first kappa shape index (κ1) is 9.79. The van der Waals surface area contributed by atoms with Crippen molar-refractivity contribution < 1.29 is 0 Å². The molecule has 0 bridgehead atoms. The molecule has 0 heterocycles. The van der Waals surface area contributed by atoms with Gasteiger partial charge in [0.25, 0.3) is 0 Å². The molecule has 0 fully saturated rings. The summed E-state index contributed by atoms with van der Waals surface area (Å²) in [5.74, 6) is 0. The number of halogens is 2. The summed E-state index contributed by atoms with van der Waals surface area (Å²) in [5, 5.41) is 0. The van der Waals surface area contributed by atoms with Crippen molar-refractivity contribution in [1.82, 2.24) is 0 Å². The first-order valence-electron chi connectivity index (χ1n) is 2.72. The SMILES string of the molecule is Cc1ccc(Br)cc1N.Cl. The Hall–Kier alpha value is -0.210. The van der Waals surface area contributed by atoms with Crippen LogP contribution in [0.1, 0.15) is 5.56 Å². The minimum atomic E-state index is 0. The largest absolute Gasteiger partial charge is 0.398 e. The van der Waals surface area contributed by atoms with Crippen molar-refractivity contribution in [2.24, 2.45) is 0 Å². The highest BCUT2D eigenvalue weighted by atomic mass is 79.9. The van der Waals surface area contributed by atoms with E-state index < -0.39 is 0 Å². The minimum absolute atomic E-state index is 0. The molecule has 1 aromatic carbocycles. The van der Waals surface area contributed by atoms with Gasteiger partial charge in [-0.3, -0.25) is 0 Å². The molecule has 0 saturated carbocycles. The molecule has 56 valence electrons. The Morgan fingerprint density at radius 1 is 1.40 bits per heavy atom. The van der Waals surface area contributed by atoms with Gasteiger partial charge in [0, 0.05) is 10.2 Å². The molecule has 10 heavy (non-hydrogen) atoms. The first-order chi connectivity index (χ1) is 4.20. The Kier molecular flexibility index (Phi) is 3.76. The number of hydrogen-bond acceptors (Lipinski definition) is 1. The van der Waals surface area contributed by atoms with Crippen LogP contribution in [0.3, 0.4) is 0 Å². The molecule has 0 saturated heterocycles. The summed E-state index contributed by atoms with van der Waals surface area (Å²) in [5.41, 5.74) is 7.55. The lowest BCUT2D eigenvalue weighted by Crippen LogP contribution is -1.87. The highest BCUT2D eigenvalue weighted by Gasteiger charge is 1.90. The first-order valence-corrected chi connectivity index (χ1v) is 3.51. The summed E-state index contributed by atoms with van der Waals surface area (Å²) in [7, 11) is 0. The Balaban J connectivity index is 0.000000810. The van der Waals surface area contributed by atoms with Crippen molar-refractivity contribution in [1.29, 1.82) is 0 Å². The Bertz CT molecular complexity index is 225. The van der Waals surface area contributed by atoms with Gasteiger partial charge in [-0.15, -0.1) is 12.4 Å². The highest BCUT2D eigenvalue weighted by Crippen LogP contribution is 2.16. The van der Waals surface area contributed by atoms with Crippen LogP contribution in [-0.4, -0.2) is 0 Å². The summed E-state index contributed by atoms with van der Waals surface area (Å²) in [6.45, 7) is 1.99. The summed E-state index contributed by atoms with van der Waals surface area (Å²) in [6.07, 6.45) is 0. The molecule has 2 N–H and O–H groups in total. The van der Waals surface area contributed by atoms with Crippen molar-refractivity contribution >= 4 is 34.0 Å². The molecule has 0 aliphatic rings. The van der Waals surface area contributed by atoms with Crippen LogP contribution in [0.2, 0.25) is 0 Å². The van der Waals surface area contributed by atoms with Gasteiger partial charge < -0.3 is 5.73 Å². The van der Waals surface area contributed by atoms with E-state index in [1.807, 2.05) is 25.1 Å². The molecular formula is C7H9BrClN. The normalized spacial score (nSPS) is 8.60. The predicted octanol–water partition coefficient (Wildman–Crippen LogP) is 2.76. The monoisotopic (exact) mass is 221 g/mol. The van der Waals surface area contributed by atoms with E-state index in [1.165, 1.54) is 0 Å². The maximum Gasteiger partial charge on any atom is 0.0355 e. The molecule has 0 amide bonds. The molecule has 1 aromatic rings. The lowest BCUT2D eigenvalue weighted by atomic mass is 10.2. The summed E-state index contributed by atoms with van der Waals surface area (Å²) >= 11 is 3.32. The van der Waals surface area contributed by atoms with Gasteiger partial charge in [0.1, 0.15) is 0 Å². The molecular weight excluding hydrogens is 213 g/mol. The number of benzene rings is 1. The zero-order chi connectivity index (χ0) is 6.85. The van der Waals surface area contributed by atoms with Crippen molar-refractivity contribution in [3.05, 3.63) is 28.2 Å². The molecule has 0 spiro atoms. The van der Waals surface area contributed by atoms with Crippen LogP contribution in [0, 0.1) is 6.92 Å². The fourth-order valence-electron chi connectivity index (χ4n) is 0.611. The van der Waals surface area contributed by atoms with Crippen molar-refractivity contribution in [3.8, 4) is 0 Å². The zero-order valence-corrected chi connectivity index (χ0v) is 8.00. The minimum Gasteiger partial charge on any atom is -0.398 e. The molecule has 3 heteroatoms. The smallest absolute Gasteiger partial charge is 0.0355 e. The molecule has 0 atom stereocenters. The number of aryl methyl sites for hydroxylation is 1. The highest BCUT2D eigenvalue weighted by molar-refractivity contribution is 9.10. The molecule has 0 aromatic heterocycles. The lowest BCUT2D eigenvalue weighted by molar-refractivity contribution is 1.46. The average molecular weight is 223 g/mol. The Labute approximate surface area is 75.2 Å². The van der Waals surface area contributed by atoms with Crippen LogP contribution in [0.5, 0.6) is 0 Å². The average Bonchev–Trinajstić information content (AvgIpc) is 1.80. The summed E-state index contributed by atoms with van der Waals surface area (Å²) < 4.78 is 1.03. The van der Waals surface area contributed by atoms with Crippen LogP contribution < -0.4 is 5.73 Å². The molecule has 0 aliphatic carbocycles. The molecule has 1 nitrogen and oxygen atoms in total. The second kappa shape index (κ2) is 3.84. The van der Waals surface area contributed by atoms with E-state index in [0.717, 1.165) is 15.7 Å². The van der Waals surface area contributed by atoms with Gasteiger partial charge in [-0.2, -0.15) is 0 Å². The van der Waals surface area contributed by atoms with E-state index in [9.17, 15) is 0 Å². The van der Waals surface area contributed by atoms with Crippen molar-refractivity contribution in [3.63, 3.8) is 0 Å². The number of nitrogens with two attached hydrogens (primary N) is 1. The molecule has 1 rings (SSSR count). The summed E-state index contributed by atoms with van der Waals surface area (Å²) in [6, 6.07) is 5.86. The standard InChI is InChI=1S/C7H8BrN.ClH/c1-5-2-3-6(8)4-7(5)9;/h2-4H,9H2,1H3;1H. The predicted molar refractivity (Wildman–Crippen MR) is 50.5 cm³/mol. The third-order valence-corrected chi connectivity index (χ3v) is 1.73. The molecule has 0 unspecified atom stereocenters. The number of hydrogen-bond donors (Lipinski definition) is 1. The Morgan fingerprint density at radius 2 is 2.00 bits per heavy atom. The summed E-state index contributed by atoms with van der Waals surface area (Å²) in [4.78, 5) is 0. The van der Waals surface area contributed by atoms with E-state index in [2.05, 4.69) is 15.9 Å². The van der Waals surface area contributed by atoms with Crippen LogP contribution in [0.15, 0.2) is 22.7 Å². The van der Waals surface area contributed by atoms with E-state index in [-0.39, 0.29) is 12.4 Å². The lowest BCUT2D eigenvalue weighted by Gasteiger charge is -1.97. The maximum atomic E-state index is 5.59. The van der Waals surface area contributed by atoms with Gasteiger partial charge in [0.05, 0.1) is 0 Å². The van der Waals surface area contributed by atoms with Crippen LogP contribution in [0.25, 0.3) is 0 Å². The van der Waals surface area contributed by atoms with Gasteiger partial charge in [0.15, 0.2) is 0 Å². The fraction of sp³-hybridized carbons (Fsp3) is 0.143. The van der Waals surface area contributed by atoms with E-state index in [1.54, 1.807) is 0 Å². The number of nitrogen functional groups attached to an aromatic ring is 1. The van der Waals surface area contributed by atoms with Crippen LogP contribution in [-0.2, 0) is 0 Å². The molecule has 0 aliphatic heterocycles. The second-order valence-corrected chi connectivity index (χ2v) is 2.92. The van der Waals surface area contributed by atoms with E-state index in [0.29, 0.717) is 0 Å². The van der Waals surface area contributed by atoms with Crippen molar-refractivity contribution in [2.45, 2.75) is 6.92 Å². The van der Waals surface area contributed by atoms with Crippen LogP contribution >= 0.6 is 28.3 Å². The van der Waals surface area contributed by atoms with Gasteiger partial charge in [-0.25, -0.2) is 0 Å².